The lowest BCUT2D eigenvalue weighted by Crippen LogP contribution is -2.17. The van der Waals surface area contributed by atoms with Crippen LogP contribution in [0.5, 0.6) is 5.75 Å². The van der Waals surface area contributed by atoms with Crippen molar-refractivity contribution in [2.75, 3.05) is 5.32 Å². The van der Waals surface area contributed by atoms with E-state index >= 15 is 0 Å². The number of esters is 1. The van der Waals surface area contributed by atoms with Crippen LogP contribution in [0.2, 0.25) is 0 Å². The largest absolute Gasteiger partial charge is 0.422 e. The molecule has 5 nitrogen and oxygen atoms in total. The summed E-state index contributed by atoms with van der Waals surface area (Å²) in [5.74, 6) is -0.682. The summed E-state index contributed by atoms with van der Waals surface area (Å²) in [6, 6.07) is 27.7. The zero-order valence-corrected chi connectivity index (χ0v) is 17.9. The Hall–Kier alpha value is -4.51. The molecule has 0 spiro atoms. The summed E-state index contributed by atoms with van der Waals surface area (Å²) in [6.07, 6.45) is 1.68. The lowest BCUT2D eigenvalue weighted by molar-refractivity contribution is 0.0733. The summed E-state index contributed by atoms with van der Waals surface area (Å²) in [5.41, 5.74) is 2.70. The second kappa shape index (κ2) is 8.55. The van der Waals surface area contributed by atoms with Crippen molar-refractivity contribution in [3.63, 3.8) is 0 Å². The number of hydrogen-bond acceptors (Lipinski definition) is 4. The minimum atomic E-state index is -0.521. The lowest BCUT2D eigenvalue weighted by atomic mass is 10.1. The Balaban J connectivity index is 1.45. The molecule has 4 aromatic carbocycles. The van der Waals surface area contributed by atoms with E-state index in [9.17, 15) is 9.59 Å². The fraction of sp³-hybridized carbons (Fsp3) is 0.0357. The maximum absolute atomic E-state index is 13.3. The molecule has 5 aromatic rings. The fourth-order valence-corrected chi connectivity index (χ4v) is 3.88. The van der Waals surface area contributed by atoms with E-state index in [1.807, 2.05) is 67.6 Å². The standard InChI is InChI=1S/C28H20N2O3/c1-18-7-4-13-24(33-28(32)22-15-14-19-8-2-3-9-21(19)17-22)25(18)27(31)30-23-12-5-10-20-11-6-16-29-26(20)23/h2-17H,1H3,(H,30,31). The molecule has 0 saturated carbocycles. The van der Waals surface area contributed by atoms with E-state index in [0.29, 0.717) is 27.9 Å². The molecule has 0 saturated heterocycles. The van der Waals surface area contributed by atoms with Gasteiger partial charge in [0.05, 0.1) is 22.3 Å². The number of hydrogen-bond donors (Lipinski definition) is 1. The molecule has 1 N–H and O–H groups in total. The first-order chi connectivity index (χ1) is 16.1. The summed E-state index contributed by atoms with van der Waals surface area (Å²) >= 11 is 0. The van der Waals surface area contributed by atoms with E-state index in [-0.39, 0.29) is 11.7 Å². The first-order valence-electron chi connectivity index (χ1n) is 10.6. The molecule has 0 bridgehead atoms. The molecular weight excluding hydrogens is 412 g/mol. The number of nitrogens with one attached hydrogen (secondary N) is 1. The lowest BCUT2D eigenvalue weighted by Gasteiger charge is -2.14. The highest BCUT2D eigenvalue weighted by Gasteiger charge is 2.20. The number of fused-ring (bicyclic) bond motifs is 2. The highest BCUT2D eigenvalue weighted by atomic mass is 16.5. The SMILES string of the molecule is Cc1cccc(OC(=O)c2ccc3ccccc3c2)c1C(=O)Nc1cccc2cccnc12. The molecule has 0 aliphatic carbocycles. The third-order valence-corrected chi connectivity index (χ3v) is 5.53. The average Bonchev–Trinajstić information content (AvgIpc) is 2.84. The summed E-state index contributed by atoms with van der Waals surface area (Å²) < 4.78 is 5.69. The van der Waals surface area contributed by atoms with E-state index in [2.05, 4.69) is 10.3 Å². The highest BCUT2D eigenvalue weighted by Crippen LogP contribution is 2.27. The van der Waals surface area contributed by atoms with Crippen molar-refractivity contribution in [3.05, 3.63) is 114 Å². The van der Waals surface area contributed by atoms with Crippen LogP contribution < -0.4 is 10.1 Å². The van der Waals surface area contributed by atoms with Gasteiger partial charge in [0.25, 0.3) is 5.91 Å². The van der Waals surface area contributed by atoms with Crippen LogP contribution in [0.25, 0.3) is 21.7 Å². The monoisotopic (exact) mass is 432 g/mol. The molecule has 0 aliphatic heterocycles. The van der Waals surface area contributed by atoms with Gasteiger partial charge in [-0.2, -0.15) is 0 Å². The predicted molar refractivity (Wildman–Crippen MR) is 130 cm³/mol. The van der Waals surface area contributed by atoms with Gasteiger partial charge in [0.2, 0.25) is 0 Å². The molecule has 5 heteroatoms. The Labute approximate surface area is 190 Å². The number of para-hydroxylation sites is 1. The van der Waals surface area contributed by atoms with Crippen molar-refractivity contribution >= 4 is 39.2 Å². The van der Waals surface area contributed by atoms with E-state index in [1.165, 1.54) is 0 Å². The van der Waals surface area contributed by atoms with Gasteiger partial charge in [-0.1, -0.05) is 60.7 Å². The molecule has 0 atom stereocenters. The van der Waals surface area contributed by atoms with Crippen molar-refractivity contribution in [2.24, 2.45) is 0 Å². The Bertz CT molecular complexity index is 1520. The summed E-state index contributed by atoms with van der Waals surface area (Å²) in [7, 11) is 0. The van der Waals surface area contributed by atoms with Crippen LogP contribution in [-0.4, -0.2) is 16.9 Å². The molecular formula is C28H20N2O3. The van der Waals surface area contributed by atoms with E-state index in [1.54, 1.807) is 36.5 Å². The molecule has 0 radical (unpaired) electrons. The van der Waals surface area contributed by atoms with Gasteiger partial charge in [-0.3, -0.25) is 9.78 Å². The minimum absolute atomic E-state index is 0.207. The van der Waals surface area contributed by atoms with Crippen LogP contribution in [0.3, 0.4) is 0 Å². The van der Waals surface area contributed by atoms with Crippen molar-refractivity contribution in [1.29, 1.82) is 0 Å². The molecule has 33 heavy (non-hydrogen) atoms. The van der Waals surface area contributed by atoms with Crippen molar-refractivity contribution in [1.82, 2.24) is 4.98 Å². The number of anilines is 1. The second-order valence-electron chi connectivity index (χ2n) is 7.73. The maximum atomic E-state index is 13.3. The first kappa shape index (κ1) is 20.4. The van der Waals surface area contributed by atoms with Gasteiger partial charge in [0.1, 0.15) is 5.75 Å². The highest BCUT2D eigenvalue weighted by molar-refractivity contribution is 6.11. The normalized spacial score (nSPS) is 10.8. The van der Waals surface area contributed by atoms with Crippen LogP contribution >= 0.6 is 0 Å². The van der Waals surface area contributed by atoms with Crippen LogP contribution in [-0.2, 0) is 0 Å². The number of rotatable bonds is 4. The van der Waals surface area contributed by atoms with Crippen molar-refractivity contribution in [2.45, 2.75) is 6.92 Å². The third-order valence-electron chi connectivity index (χ3n) is 5.53. The molecule has 5 rings (SSSR count). The van der Waals surface area contributed by atoms with Gasteiger partial charge >= 0.3 is 5.97 Å². The third kappa shape index (κ3) is 4.04. The van der Waals surface area contributed by atoms with Gasteiger partial charge in [0, 0.05) is 11.6 Å². The number of benzene rings is 4. The van der Waals surface area contributed by atoms with E-state index < -0.39 is 5.97 Å². The van der Waals surface area contributed by atoms with Crippen LogP contribution in [0.1, 0.15) is 26.3 Å². The Morgan fingerprint density at radius 1 is 0.788 bits per heavy atom. The summed E-state index contributed by atoms with van der Waals surface area (Å²) in [6.45, 7) is 1.81. The zero-order chi connectivity index (χ0) is 22.8. The number of carbonyl (C=O) groups excluding carboxylic acids is 2. The quantitative estimate of drug-likeness (QED) is 0.272. The second-order valence-corrected chi connectivity index (χ2v) is 7.73. The number of nitrogens with zero attached hydrogens (tertiary/aromatic N) is 1. The predicted octanol–water partition coefficient (Wildman–Crippen LogP) is 6.17. The number of aromatic nitrogens is 1. The smallest absolute Gasteiger partial charge is 0.343 e. The molecule has 160 valence electrons. The van der Waals surface area contributed by atoms with Gasteiger partial charge in [-0.05, 0) is 53.6 Å². The Kier molecular flexibility index (Phi) is 5.29. The topological polar surface area (TPSA) is 68.3 Å². The number of aryl methyl sites for hydroxylation is 1. The minimum Gasteiger partial charge on any atom is -0.422 e. The van der Waals surface area contributed by atoms with Gasteiger partial charge < -0.3 is 10.1 Å². The molecule has 1 aromatic heterocycles. The molecule has 0 fully saturated rings. The zero-order valence-electron chi connectivity index (χ0n) is 17.9. The van der Waals surface area contributed by atoms with Crippen molar-refractivity contribution < 1.29 is 14.3 Å². The summed E-state index contributed by atoms with van der Waals surface area (Å²) in [4.78, 5) is 30.6. The number of carbonyl (C=O) groups is 2. The van der Waals surface area contributed by atoms with Gasteiger partial charge in [-0.15, -0.1) is 0 Å². The van der Waals surface area contributed by atoms with Crippen LogP contribution in [0.15, 0.2) is 97.2 Å². The van der Waals surface area contributed by atoms with Gasteiger partial charge in [0.15, 0.2) is 0 Å². The van der Waals surface area contributed by atoms with Crippen LogP contribution in [0.4, 0.5) is 5.69 Å². The number of amides is 1. The van der Waals surface area contributed by atoms with E-state index in [0.717, 1.165) is 16.2 Å². The molecule has 1 heterocycles. The Morgan fingerprint density at radius 3 is 2.42 bits per heavy atom. The van der Waals surface area contributed by atoms with Crippen molar-refractivity contribution in [3.8, 4) is 5.75 Å². The van der Waals surface area contributed by atoms with Gasteiger partial charge in [-0.25, -0.2) is 4.79 Å². The molecule has 1 amide bonds. The maximum Gasteiger partial charge on any atom is 0.343 e. The number of ether oxygens (including phenoxy) is 1. The van der Waals surface area contributed by atoms with E-state index in [4.69, 9.17) is 4.74 Å². The number of pyridine rings is 1. The van der Waals surface area contributed by atoms with Crippen LogP contribution in [0, 0.1) is 6.92 Å². The summed E-state index contributed by atoms with van der Waals surface area (Å²) in [5, 5.41) is 5.82. The first-order valence-corrected chi connectivity index (χ1v) is 10.6. The fourth-order valence-electron chi connectivity index (χ4n) is 3.88. The Morgan fingerprint density at radius 2 is 1.55 bits per heavy atom. The average molecular weight is 432 g/mol. The molecule has 0 unspecified atom stereocenters. The molecule has 0 aliphatic rings.